The Morgan fingerprint density at radius 3 is 2.47 bits per heavy atom. The Kier molecular flexibility index (Phi) is 2.45. The first-order valence-electron chi connectivity index (χ1n) is 5.44. The van der Waals surface area contributed by atoms with Gasteiger partial charge in [-0.2, -0.15) is 0 Å². The van der Waals surface area contributed by atoms with E-state index >= 15 is 0 Å². The van der Waals surface area contributed by atoms with Crippen LogP contribution < -0.4 is 0 Å². The number of benzene rings is 1. The number of aliphatic carboxylic acids is 1. The summed E-state index contributed by atoms with van der Waals surface area (Å²) in [7, 11) is 0. The molecular weight excluding hydrogens is 218 g/mol. The van der Waals surface area contributed by atoms with E-state index in [1.807, 2.05) is 26.0 Å². The fraction of sp³-hybridized carbons (Fsp3) is 0.385. The molecule has 2 rings (SSSR count). The summed E-state index contributed by atoms with van der Waals surface area (Å²) < 4.78 is 5.21. The van der Waals surface area contributed by atoms with Crippen LogP contribution in [0.2, 0.25) is 0 Å². The van der Waals surface area contributed by atoms with E-state index in [2.05, 4.69) is 5.16 Å². The maximum atomic E-state index is 11.2. The molecule has 0 spiro atoms. The van der Waals surface area contributed by atoms with Crippen LogP contribution in [0.15, 0.2) is 16.7 Å². The lowest BCUT2D eigenvalue weighted by molar-refractivity contribution is -0.142. The average molecular weight is 233 g/mol. The predicted molar refractivity (Wildman–Crippen MR) is 64.1 cm³/mol. The van der Waals surface area contributed by atoms with Crippen LogP contribution in [-0.4, -0.2) is 16.2 Å². The summed E-state index contributed by atoms with van der Waals surface area (Å²) in [5.74, 6) is -0.911. The molecule has 0 aliphatic heterocycles. The summed E-state index contributed by atoms with van der Waals surface area (Å²) in [5, 5.41) is 13.9. The standard InChI is InChI=1S/C13H15NO3/c1-7-5-9-10(6-8(7)2)17-14-11(9)13(3,4)12(15)16/h5-6H,1-4H3,(H,15,16). The molecule has 4 nitrogen and oxygen atoms in total. The smallest absolute Gasteiger partial charge is 0.315 e. The maximum absolute atomic E-state index is 11.2. The summed E-state index contributed by atoms with van der Waals surface area (Å²) >= 11 is 0. The quantitative estimate of drug-likeness (QED) is 0.866. The van der Waals surface area contributed by atoms with E-state index in [9.17, 15) is 9.90 Å². The number of rotatable bonds is 2. The van der Waals surface area contributed by atoms with Gasteiger partial charge < -0.3 is 9.63 Å². The van der Waals surface area contributed by atoms with E-state index in [0.717, 1.165) is 16.5 Å². The van der Waals surface area contributed by atoms with E-state index in [-0.39, 0.29) is 0 Å². The Balaban J connectivity index is 2.73. The topological polar surface area (TPSA) is 63.3 Å². The number of hydrogen-bond donors (Lipinski definition) is 1. The fourth-order valence-electron chi connectivity index (χ4n) is 1.75. The van der Waals surface area contributed by atoms with Crippen molar-refractivity contribution in [3.8, 4) is 0 Å². The number of nitrogens with zero attached hydrogens (tertiary/aromatic N) is 1. The van der Waals surface area contributed by atoms with E-state index < -0.39 is 11.4 Å². The van der Waals surface area contributed by atoms with Gasteiger partial charge in [-0.25, -0.2) is 0 Å². The number of aromatic nitrogens is 1. The zero-order valence-electron chi connectivity index (χ0n) is 10.4. The summed E-state index contributed by atoms with van der Waals surface area (Å²) in [6.07, 6.45) is 0. The van der Waals surface area contributed by atoms with Crippen LogP contribution >= 0.6 is 0 Å². The summed E-state index contributed by atoms with van der Waals surface area (Å²) in [6, 6.07) is 3.82. The second-order valence-electron chi connectivity index (χ2n) is 4.89. The minimum absolute atomic E-state index is 0.475. The maximum Gasteiger partial charge on any atom is 0.315 e. The average Bonchev–Trinajstić information content (AvgIpc) is 2.62. The first-order chi connectivity index (χ1) is 7.84. The summed E-state index contributed by atoms with van der Waals surface area (Å²) in [5.41, 5.74) is 2.27. The molecule has 0 fully saturated rings. The fourth-order valence-corrected chi connectivity index (χ4v) is 1.75. The number of carbonyl (C=O) groups is 1. The Bertz CT molecular complexity index is 596. The molecular formula is C13H15NO3. The van der Waals surface area contributed by atoms with Gasteiger partial charge in [0.15, 0.2) is 5.58 Å². The number of carboxylic acid groups (broad SMARTS) is 1. The predicted octanol–water partition coefficient (Wildman–Crippen LogP) is 2.81. The van der Waals surface area contributed by atoms with Crippen molar-refractivity contribution in [2.75, 3.05) is 0 Å². The number of hydrogen-bond acceptors (Lipinski definition) is 3. The van der Waals surface area contributed by atoms with Crippen molar-refractivity contribution < 1.29 is 14.4 Å². The Morgan fingerprint density at radius 2 is 1.88 bits per heavy atom. The van der Waals surface area contributed by atoms with E-state index in [0.29, 0.717) is 11.3 Å². The molecule has 1 aromatic heterocycles. The highest BCUT2D eigenvalue weighted by Crippen LogP contribution is 2.31. The van der Waals surface area contributed by atoms with Crippen molar-refractivity contribution in [2.24, 2.45) is 0 Å². The van der Waals surface area contributed by atoms with Crippen LogP contribution in [0.1, 0.15) is 30.7 Å². The molecule has 0 radical (unpaired) electrons. The van der Waals surface area contributed by atoms with Gasteiger partial charge in [-0.05, 0) is 51.0 Å². The van der Waals surface area contributed by atoms with Gasteiger partial charge in [-0.3, -0.25) is 4.79 Å². The Hall–Kier alpha value is -1.84. The molecule has 17 heavy (non-hydrogen) atoms. The normalized spacial score (nSPS) is 12.0. The third kappa shape index (κ3) is 1.69. The monoisotopic (exact) mass is 233 g/mol. The molecule has 0 unspecified atom stereocenters. The van der Waals surface area contributed by atoms with Crippen LogP contribution in [-0.2, 0) is 10.2 Å². The van der Waals surface area contributed by atoms with Crippen molar-refractivity contribution in [3.05, 3.63) is 29.0 Å². The second kappa shape index (κ2) is 3.58. The highest BCUT2D eigenvalue weighted by molar-refractivity contribution is 5.89. The van der Waals surface area contributed by atoms with Crippen molar-refractivity contribution in [1.29, 1.82) is 0 Å². The lowest BCUT2D eigenvalue weighted by Crippen LogP contribution is -2.29. The molecule has 0 bridgehead atoms. The van der Waals surface area contributed by atoms with Gasteiger partial charge >= 0.3 is 5.97 Å². The van der Waals surface area contributed by atoms with Crippen LogP contribution in [0, 0.1) is 13.8 Å². The molecule has 1 aromatic carbocycles. The Labute approximate surface area is 99.2 Å². The van der Waals surface area contributed by atoms with Gasteiger partial charge in [-0.15, -0.1) is 0 Å². The molecule has 0 atom stereocenters. The minimum atomic E-state index is -1.05. The molecule has 1 heterocycles. The van der Waals surface area contributed by atoms with Gasteiger partial charge in [0.2, 0.25) is 0 Å². The Morgan fingerprint density at radius 1 is 1.29 bits per heavy atom. The van der Waals surface area contributed by atoms with Crippen LogP contribution in [0.3, 0.4) is 0 Å². The zero-order valence-corrected chi connectivity index (χ0v) is 10.4. The van der Waals surface area contributed by atoms with Gasteiger partial charge in [0.1, 0.15) is 11.1 Å². The molecule has 90 valence electrons. The molecule has 2 aromatic rings. The van der Waals surface area contributed by atoms with Crippen LogP contribution in [0.5, 0.6) is 0 Å². The zero-order chi connectivity index (χ0) is 12.8. The third-order valence-electron chi connectivity index (χ3n) is 3.21. The molecule has 0 saturated heterocycles. The minimum Gasteiger partial charge on any atom is -0.481 e. The number of fused-ring (bicyclic) bond motifs is 1. The molecule has 0 saturated carbocycles. The van der Waals surface area contributed by atoms with Gasteiger partial charge in [0.05, 0.1) is 0 Å². The van der Waals surface area contributed by atoms with Crippen molar-refractivity contribution in [3.63, 3.8) is 0 Å². The van der Waals surface area contributed by atoms with Crippen LogP contribution in [0.4, 0.5) is 0 Å². The van der Waals surface area contributed by atoms with Crippen molar-refractivity contribution in [1.82, 2.24) is 5.16 Å². The SMILES string of the molecule is Cc1cc2onc(C(C)(C)C(=O)O)c2cc1C. The lowest BCUT2D eigenvalue weighted by Gasteiger charge is -2.15. The van der Waals surface area contributed by atoms with Gasteiger partial charge in [-0.1, -0.05) is 5.16 Å². The molecule has 0 aliphatic rings. The van der Waals surface area contributed by atoms with Gasteiger partial charge in [0, 0.05) is 5.39 Å². The van der Waals surface area contributed by atoms with Gasteiger partial charge in [0.25, 0.3) is 0 Å². The largest absolute Gasteiger partial charge is 0.481 e. The molecule has 0 aliphatic carbocycles. The second-order valence-corrected chi connectivity index (χ2v) is 4.89. The first kappa shape index (κ1) is 11.6. The van der Waals surface area contributed by atoms with Crippen molar-refractivity contribution in [2.45, 2.75) is 33.1 Å². The summed E-state index contributed by atoms with van der Waals surface area (Å²) in [6.45, 7) is 7.22. The first-order valence-corrected chi connectivity index (χ1v) is 5.44. The summed E-state index contributed by atoms with van der Waals surface area (Å²) in [4.78, 5) is 11.2. The number of carboxylic acids is 1. The third-order valence-corrected chi connectivity index (χ3v) is 3.21. The molecule has 4 heteroatoms. The van der Waals surface area contributed by atoms with Crippen molar-refractivity contribution >= 4 is 16.9 Å². The van der Waals surface area contributed by atoms with Crippen LogP contribution in [0.25, 0.3) is 11.0 Å². The highest BCUT2D eigenvalue weighted by Gasteiger charge is 2.34. The highest BCUT2D eigenvalue weighted by atomic mass is 16.5. The lowest BCUT2D eigenvalue weighted by atomic mass is 9.87. The number of aryl methyl sites for hydroxylation is 2. The van der Waals surface area contributed by atoms with E-state index in [1.165, 1.54) is 0 Å². The molecule has 1 N–H and O–H groups in total. The molecule has 0 amide bonds. The van der Waals surface area contributed by atoms with E-state index in [4.69, 9.17) is 4.52 Å². The van der Waals surface area contributed by atoms with E-state index in [1.54, 1.807) is 13.8 Å².